The van der Waals surface area contributed by atoms with Gasteiger partial charge in [0.1, 0.15) is 5.82 Å². The number of nitrogens with two attached hydrogens (primary N) is 1. The summed E-state index contributed by atoms with van der Waals surface area (Å²) in [4.78, 5) is 11.8. The van der Waals surface area contributed by atoms with Gasteiger partial charge in [-0.15, -0.1) is 12.4 Å². The molecule has 0 saturated carbocycles. The third kappa shape index (κ3) is 5.96. The van der Waals surface area contributed by atoms with E-state index in [0.29, 0.717) is 10.6 Å². The first kappa shape index (κ1) is 20.4. The molecule has 2 unspecified atom stereocenters. The smallest absolute Gasteiger partial charge is 0.223 e. The van der Waals surface area contributed by atoms with Crippen molar-refractivity contribution in [2.75, 3.05) is 13.7 Å². The van der Waals surface area contributed by atoms with Gasteiger partial charge in [-0.05, 0) is 24.6 Å². The second-order valence-electron chi connectivity index (χ2n) is 4.37. The molecule has 8 heteroatoms. The highest BCUT2D eigenvalue weighted by Gasteiger charge is 2.17. The van der Waals surface area contributed by atoms with E-state index in [1.807, 2.05) is 0 Å². The van der Waals surface area contributed by atoms with Crippen molar-refractivity contribution >= 4 is 41.5 Å². The Labute approximate surface area is 139 Å². The molecule has 2 atom stereocenters. The number of halogens is 4. The Hall–Kier alpha value is -0.590. The van der Waals surface area contributed by atoms with E-state index in [2.05, 4.69) is 5.32 Å². The number of amides is 1. The first-order chi connectivity index (χ1) is 9.38. The average Bonchev–Trinajstić information content (AvgIpc) is 2.39. The molecule has 4 nitrogen and oxygen atoms in total. The maximum absolute atomic E-state index is 13.4. The molecule has 0 radical (unpaired) electrons. The summed E-state index contributed by atoms with van der Waals surface area (Å²) in [7, 11) is 1.49. The Bertz CT molecular complexity index is 485. The summed E-state index contributed by atoms with van der Waals surface area (Å²) < 4.78 is 18.5. The molecule has 1 amide bonds. The first-order valence-corrected chi connectivity index (χ1v) is 6.81. The monoisotopic (exact) mass is 358 g/mol. The molecule has 0 saturated heterocycles. The average molecular weight is 360 g/mol. The lowest BCUT2D eigenvalue weighted by Gasteiger charge is -2.18. The summed E-state index contributed by atoms with van der Waals surface area (Å²) in [6.07, 6.45) is -0.218. The summed E-state index contributed by atoms with van der Waals surface area (Å²) in [6.45, 7) is 1.95. The van der Waals surface area contributed by atoms with Gasteiger partial charge in [0, 0.05) is 18.7 Å². The minimum atomic E-state index is -0.580. The summed E-state index contributed by atoms with van der Waals surface area (Å²) in [6, 6.07) is 2.08. The fraction of sp³-hybridized carbons (Fsp3) is 0.462. The van der Waals surface area contributed by atoms with Gasteiger partial charge in [0.15, 0.2) is 0 Å². The van der Waals surface area contributed by atoms with Gasteiger partial charge in [0.05, 0.1) is 23.6 Å². The van der Waals surface area contributed by atoms with Crippen LogP contribution in [0.4, 0.5) is 4.39 Å². The predicted octanol–water partition coefficient (Wildman–Crippen LogP) is 3.10. The molecule has 1 aromatic rings. The highest BCUT2D eigenvalue weighted by Crippen LogP contribution is 2.28. The van der Waals surface area contributed by atoms with Crippen LogP contribution in [-0.4, -0.2) is 25.7 Å². The van der Waals surface area contributed by atoms with Crippen molar-refractivity contribution in [1.29, 1.82) is 0 Å². The molecule has 3 N–H and O–H groups in total. The quantitative estimate of drug-likeness (QED) is 0.767. The van der Waals surface area contributed by atoms with Crippen molar-refractivity contribution in [2.24, 2.45) is 5.73 Å². The molecule has 0 aromatic heterocycles. The molecular weight excluding hydrogens is 342 g/mol. The van der Waals surface area contributed by atoms with Crippen LogP contribution in [0.3, 0.4) is 0 Å². The van der Waals surface area contributed by atoms with Crippen LogP contribution in [0.25, 0.3) is 0 Å². The SMILES string of the molecule is COC(CN)CC(=O)NC(C)c1cc(F)c(Cl)cc1Cl.Cl. The van der Waals surface area contributed by atoms with Crippen LogP contribution in [-0.2, 0) is 9.53 Å². The van der Waals surface area contributed by atoms with Crippen molar-refractivity contribution in [3.63, 3.8) is 0 Å². The highest BCUT2D eigenvalue weighted by molar-refractivity contribution is 6.35. The van der Waals surface area contributed by atoms with Gasteiger partial charge in [-0.2, -0.15) is 0 Å². The molecular formula is C13H18Cl3FN2O2. The van der Waals surface area contributed by atoms with E-state index in [9.17, 15) is 9.18 Å². The van der Waals surface area contributed by atoms with Crippen LogP contribution in [0, 0.1) is 5.82 Å². The van der Waals surface area contributed by atoms with Gasteiger partial charge < -0.3 is 15.8 Å². The Balaban J connectivity index is 0.00000400. The Morgan fingerprint density at radius 1 is 1.43 bits per heavy atom. The van der Waals surface area contributed by atoms with E-state index >= 15 is 0 Å². The molecule has 0 aliphatic heterocycles. The van der Waals surface area contributed by atoms with E-state index in [0.717, 1.165) is 0 Å². The van der Waals surface area contributed by atoms with Crippen LogP contribution < -0.4 is 11.1 Å². The zero-order valence-electron chi connectivity index (χ0n) is 11.7. The molecule has 0 heterocycles. The lowest BCUT2D eigenvalue weighted by atomic mass is 10.1. The van der Waals surface area contributed by atoms with Crippen molar-refractivity contribution < 1.29 is 13.9 Å². The molecule has 120 valence electrons. The standard InChI is InChI=1S/C13H17Cl2FN2O2.ClH/c1-7(18-13(19)3-8(6-17)20-2)9-4-12(16)11(15)5-10(9)14;/h4-5,7-8H,3,6,17H2,1-2H3,(H,18,19);1H. The lowest BCUT2D eigenvalue weighted by molar-refractivity contribution is -0.124. The van der Waals surface area contributed by atoms with Crippen LogP contribution in [0.2, 0.25) is 10.0 Å². The Kier molecular flexibility index (Phi) is 9.17. The number of ether oxygens (including phenoxy) is 1. The van der Waals surface area contributed by atoms with Crippen LogP contribution in [0.1, 0.15) is 24.9 Å². The molecule has 1 aromatic carbocycles. The second kappa shape index (κ2) is 9.43. The number of carbonyl (C=O) groups excluding carboxylic acids is 1. The number of nitrogens with one attached hydrogen (secondary N) is 1. The maximum Gasteiger partial charge on any atom is 0.223 e. The van der Waals surface area contributed by atoms with Crippen molar-refractivity contribution in [3.05, 3.63) is 33.6 Å². The number of benzene rings is 1. The summed E-state index contributed by atoms with van der Waals surface area (Å²) in [5.74, 6) is -0.829. The largest absolute Gasteiger partial charge is 0.380 e. The van der Waals surface area contributed by atoms with Gasteiger partial charge in [-0.25, -0.2) is 4.39 Å². The van der Waals surface area contributed by atoms with E-state index in [-0.39, 0.29) is 42.4 Å². The van der Waals surface area contributed by atoms with Gasteiger partial charge in [-0.1, -0.05) is 23.2 Å². The lowest BCUT2D eigenvalue weighted by Crippen LogP contribution is -2.33. The van der Waals surface area contributed by atoms with Gasteiger partial charge >= 0.3 is 0 Å². The van der Waals surface area contributed by atoms with Gasteiger partial charge in [0.2, 0.25) is 5.91 Å². The normalized spacial score (nSPS) is 13.2. The Morgan fingerprint density at radius 2 is 2.05 bits per heavy atom. The maximum atomic E-state index is 13.4. The van der Waals surface area contributed by atoms with E-state index < -0.39 is 11.9 Å². The zero-order chi connectivity index (χ0) is 15.3. The van der Waals surface area contributed by atoms with E-state index in [4.69, 9.17) is 33.7 Å². The predicted molar refractivity (Wildman–Crippen MR) is 84.7 cm³/mol. The van der Waals surface area contributed by atoms with E-state index in [1.165, 1.54) is 19.2 Å². The van der Waals surface area contributed by atoms with Crippen molar-refractivity contribution in [3.8, 4) is 0 Å². The van der Waals surface area contributed by atoms with Crippen molar-refractivity contribution in [1.82, 2.24) is 5.32 Å². The van der Waals surface area contributed by atoms with Crippen molar-refractivity contribution in [2.45, 2.75) is 25.5 Å². The first-order valence-electron chi connectivity index (χ1n) is 6.05. The van der Waals surface area contributed by atoms with Crippen LogP contribution in [0.15, 0.2) is 12.1 Å². The minimum Gasteiger partial charge on any atom is -0.380 e. The van der Waals surface area contributed by atoms with Crippen LogP contribution in [0.5, 0.6) is 0 Å². The molecule has 21 heavy (non-hydrogen) atoms. The number of rotatable bonds is 6. The molecule has 1 rings (SSSR count). The minimum absolute atomic E-state index is 0. The summed E-state index contributed by atoms with van der Waals surface area (Å²) >= 11 is 11.6. The number of methoxy groups -OCH3 is 1. The van der Waals surface area contributed by atoms with Gasteiger partial charge in [0.25, 0.3) is 0 Å². The third-order valence-electron chi connectivity index (χ3n) is 2.89. The number of hydrogen-bond donors (Lipinski definition) is 2. The number of carbonyl (C=O) groups is 1. The third-order valence-corrected chi connectivity index (χ3v) is 3.51. The fourth-order valence-corrected chi connectivity index (χ4v) is 2.26. The fourth-order valence-electron chi connectivity index (χ4n) is 1.72. The number of hydrogen-bond acceptors (Lipinski definition) is 3. The zero-order valence-corrected chi connectivity index (χ0v) is 14.0. The molecule has 0 aliphatic carbocycles. The molecule has 0 spiro atoms. The Morgan fingerprint density at radius 3 is 2.57 bits per heavy atom. The highest BCUT2D eigenvalue weighted by atomic mass is 35.5. The second-order valence-corrected chi connectivity index (χ2v) is 5.19. The molecule has 0 bridgehead atoms. The van der Waals surface area contributed by atoms with Gasteiger partial charge in [-0.3, -0.25) is 4.79 Å². The summed E-state index contributed by atoms with van der Waals surface area (Å²) in [5.41, 5.74) is 5.91. The van der Waals surface area contributed by atoms with E-state index in [1.54, 1.807) is 6.92 Å². The summed E-state index contributed by atoms with van der Waals surface area (Å²) in [5, 5.41) is 2.96. The molecule has 0 aliphatic rings. The van der Waals surface area contributed by atoms with Crippen LogP contribution >= 0.6 is 35.6 Å². The topological polar surface area (TPSA) is 64.3 Å². The molecule has 0 fully saturated rings.